The zero-order valence-electron chi connectivity index (χ0n) is 8.31. The summed E-state index contributed by atoms with van der Waals surface area (Å²) in [6.45, 7) is 1.97. The van der Waals surface area contributed by atoms with E-state index in [1.54, 1.807) is 11.3 Å². The number of hydrogen-bond donors (Lipinski definition) is 1. The second-order valence-electron chi connectivity index (χ2n) is 4.55. The third-order valence-corrected chi connectivity index (χ3v) is 4.76. The summed E-state index contributed by atoms with van der Waals surface area (Å²) in [5, 5.41) is 10.7. The van der Waals surface area contributed by atoms with Gasteiger partial charge in [0.15, 0.2) is 0 Å². The van der Waals surface area contributed by atoms with Gasteiger partial charge in [-0.3, -0.25) is 0 Å². The lowest BCUT2D eigenvalue weighted by molar-refractivity contribution is 0.673. The van der Waals surface area contributed by atoms with Gasteiger partial charge in [0.1, 0.15) is 10.0 Å². The lowest BCUT2D eigenvalue weighted by Gasteiger charge is -1.97. The molecule has 3 atom stereocenters. The van der Waals surface area contributed by atoms with Crippen LogP contribution in [-0.2, 0) is 0 Å². The van der Waals surface area contributed by atoms with Crippen molar-refractivity contribution in [3.8, 4) is 0 Å². The Morgan fingerprint density at radius 3 is 2.64 bits per heavy atom. The molecule has 0 spiro atoms. The monoisotopic (exact) mass is 209 g/mol. The molecule has 1 aromatic heterocycles. The van der Waals surface area contributed by atoms with Crippen molar-refractivity contribution in [2.75, 3.05) is 0 Å². The van der Waals surface area contributed by atoms with E-state index in [-0.39, 0.29) is 6.04 Å². The van der Waals surface area contributed by atoms with Gasteiger partial charge in [0.05, 0.1) is 6.04 Å². The Labute approximate surface area is 87.7 Å². The van der Waals surface area contributed by atoms with Crippen LogP contribution in [0.1, 0.15) is 48.2 Å². The number of nitrogens with two attached hydrogens (primary N) is 1. The van der Waals surface area contributed by atoms with Gasteiger partial charge in [-0.15, -0.1) is 10.2 Å². The third kappa shape index (κ3) is 1.21. The predicted octanol–water partition coefficient (Wildman–Crippen LogP) is 2.07. The van der Waals surface area contributed by atoms with E-state index in [1.165, 1.54) is 24.3 Å². The summed E-state index contributed by atoms with van der Waals surface area (Å²) < 4.78 is 0. The van der Waals surface area contributed by atoms with Gasteiger partial charge < -0.3 is 5.73 Å². The molecule has 76 valence electrons. The molecule has 3 unspecified atom stereocenters. The molecule has 2 fully saturated rings. The summed E-state index contributed by atoms with van der Waals surface area (Å²) in [5.41, 5.74) is 5.77. The topological polar surface area (TPSA) is 51.8 Å². The second-order valence-corrected chi connectivity index (χ2v) is 5.59. The van der Waals surface area contributed by atoms with Gasteiger partial charge in [0.25, 0.3) is 0 Å². The molecule has 0 amide bonds. The Bertz CT molecular complexity index is 337. The molecule has 14 heavy (non-hydrogen) atoms. The molecular weight excluding hydrogens is 194 g/mol. The first-order chi connectivity index (χ1) is 6.77. The van der Waals surface area contributed by atoms with Gasteiger partial charge in [-0.2, -0.15) is 0 Å². The minimum atomic E-state index is 0.0415. The molecule has 3 rings (SSSR count). The predicted molar refractivity (Wildman–Crippen MR) is 56.1 cm³/mol. The van der Waals surface area contributed by atoms with Crippen LogP contribution < -0.4 is 5.73 Å². The van der Waals surface area contributed by atoms with E-state index in [0.29, 0.717) is 0 Å². The number of nitrogens with zero attached hydrogens (tertiary/aromatic N) is 2. The lowest BCUT2D eigenvalue weighted by Crippen LogP contribution is -2.03. The fraction of sp³-hybridized carbons (Fsp3) is 0.800. The van der Waals surface area contributed by atoms with Crippen molar-refractivity contribution >= 4 is 11.3 Å². The molecule has 1 aromatic rings. The maximum absolute atomic E-state index is 5.77. The van der Waals surface area contributed by atoms with Crippen molar-refractivity contribution in [1.29, 1.82) is 0 Å². The van der Waals surface area contributed by atoms with Crippen molar-refractivity contribution in [2.24, 2.45) is 17.6 Å². The van der Waals surface area contributed by atoms with Crippen molar-refractivity contribution in [3.05, 3.63) is 10.0 Å². The molecule has 2 aliphatic carbocycles. The molecule has 0 saturated heterocycles. The first-order valence-electron chi connectivity index (χ1n) is 5.36. The normalized spacial score (nSPS) is 36.9. The Hall–Kier alpha value is -0.480. The third-order valence-electron chi connectivity index (χ3n) is 3.54. The summed E-state index contributed by atoms with van der Waals surface area (Å²) in [6, 6.07) is 0.0415. The molecule has 2 aliphatic rings. The van der Waals surface area contributed by atoms with Crippen molar-refractivity contribution in [3.63, 3.8) is 0 Å². The van der Waals surface area contributed by atoms with Gasteiger partial charge in [-0.25, -0.2) is 0 Å². The van der Waals surface area contributed by atoms with Gasteiger partial charge in [0, 0.05) is 5.92 Å². The van der Waals surface area contributed by atoms with Gasteiger partial charge >= 0.3 is 0 Å². The van der Waals surface area contributed by atoms with Crippen molar-refractivity contribution in [1.82, 2.24) is 10.2 Å². The highest BCUT2D eigenvalue weighted by atomic mass is 32.1. The molecule has 2 N–H and O–H groups in total. The van der Waals surface area contributed by atoms with Crippen molar-refractivity contribution in [2.45, 2.75) is 38.1 Å². The van der Waals surface area contributed by atoms with Crippen LogP contribution in [-0.4, -0.2) is 10.2 Å². The van der Waals surface area contributed by atoms with E-state index in [9.17, 15) is 0 Å². The quantitative estimate of drug-likeness (QED) is 0.811. The number of aromatic nitrogens is 2. The molecule has 1 heterocycles. The molecule has 0 aliphatic heterocycles. The Morgan fingerprint density at radius 1 is 1.36 bits per heavy atom. The van der Waals surface area contributed by atoms with Crippen LogP contribution in [0.3, 0.4) is 0 Å². The minimum absolute atomic E-state index is 0.0415. The van der Waals surface area contributed by atoms with E-state index in [0.717, 1.165) is 22.8 Å². The summed E-state index contributed by atoms with van der Waals surface area (Å²) in [4.78, 5) is 0. The van der Waals surface area contributed by atoms with E-state index in [4.69, 9.17) is 5.73 Å². The van der Waals surface area contributed by atoms with Crippen LogP contribution in [0.15, 0.2) is 0 Å². The number of rotatable bonds is 2. The zero-order valence-corrected chi connectivity index (χ0v) is 9.13. The molecule has 0 radical (unpaired) electrons. The second kappa shape index (κ2) is 3.00. The highest BCUT2D eigenvalue weighted by Gasteiger charge is 2.54. The first-order valence-corrected chi connectivity index (χ1v) is 6.18. The summed E-state index contributed by atoms with van der Waals surface area (Å²) in [7, 11) is 0. The van der Waals surface area contributed by atoms with Crippen LogP contribution >= 0.6 is 11.3 Å². The lowest BCUT2D eigenvalue weighted by atomic mass is 10.1. The largest absolute Gasteiger partial charge is 0.322 e. The molecular formula is C10H15N3S. The standard InChI is InChI=1S/C10H15N3S/c1-5(11)9-12-13-10(14-9)8-6-3-2-4-7(6)8/h5-8H,2-4,11H2,1H3. The van der Waals surface area contributed by atoms with Crippen LogP contribution in [0.2, 0.25) is 0 Å². The maximum atomic E-state index is 5.77. The van der Waals surface area contributed by atoms with E-state index in [2.05, 4.69) is 10.2 Å². The highest BCUT2D eigenvalue weighted by Crippen LogP contribution is 2.63. The van der Waals surface area contributed by atoms with E-state index in [1.807, 2.05) is 6.92 Å². The SMILES string of the molecule is CC(N)c1nnc(C2C3CCCC32)s1. The van der Waals surface area contributed by atoms with E-state index >= 15 is 0 Å². The Morgan fingerprint density at radius 2 is 2.07 bits per heavy atom. The average molecular weight is 209 g/mol. The van der Waals surface area contributed by atoms with Crippen molar-refractivity contribution < 1.29 is 0 Å². The van der Waals surface area contributed by atoms with Gasteiger partial charge in [-0.05, 0) is 31.6 Å². The molecule has 0 bridgehead atoms. The molecule has 0 aromatic carbocycles. The highest BCUT2D eigenvalue weighted by molar-refractivity contribution is 7.11. The van der Waals surface area contributed by atoms with Crippen LogP contribution in [0, 0.1) is 11.8 Å². The first kappa shape index (κ1) is 8.80. The molecule has 4 heteroatoms. The molecule has 2 saturated carbocycles. The van der Waals surface area contributed by atoms with Crippen LogP contribution in [0.5, 0.6) is 0 Å². The molecule has 3 nitrogen and oxygen atoms in total. The average Bonchev–Trinajstić information content (AvgIpc) is 2.63. The summed E-state index contributed by atoms with van der Waals surface area (Å²) in [6.07, 6.45) is 4.23. The fourth-order valence-corrected chi connectivity index (χ4v) is 3.80. The summed E-state index contributed by atoms with van der Waals surface area (Å²) >= 11 is 1.72. The van der Waals surface area contributed by atoms with E-state index < -0.39 is 0 Å². The van der Waals surface area contributed by atoms with Crippen LogP contribution in [0.25, 0.3) is 0 Å². The zero-order chi connectivity index (χ0) is 9.71. The fourth-order valence-electron chi connectivity index (χ4n) is 2.75. The summed E-state index contributed by atoms with van der Waals surface area (Å²) in [5.74, 6) is 2.61. The van der Waals surface area contributed by atoms with Gasteiger partial charge in [-0.1, -0.05) is 17.8 Å². The Balaban J connectivity index is 1.78. The maximum Gasteiger partial charge on any atom is 0.133 e. The van der Waals surface area contributed by atoms with Crippen LogP contribution in [0.4, 0.5) is 0 Å². The number of fused-ring (bicyclic) bond motifs is 1. The minimum Gasteiger partial charge on any atom is -0.322 e. The smallest absolute Gasteiger partial charge is 0.133 e. The Kier molecular flexibility index (Phi) is 1.89. The van der Waals surface area contributed by atoms with Gasteiger partial charge in [0.2, 0.25) is 0 Å². The number of hydrogen-bond acceptors (Lipinski definition) is 4.